The van der Waals surface area contributed by atoms with Gasteiger partial charge in [0.25, 0.3) is 5.56 Å². The number of nitrogens with one attached hydrogen (secondary N) is 2. The van der Waals surface area contributed by atoms with Crippen molar-refractivity contribution in [1.29, 1.82) is 5.26 Å². The van der Waals surface area contributed by atoms with Crippen molar-refractivity contribution < 1.29 is 18.7 Å². The van der Waals surface area contributed by atoms with Crippen molar-refractivity contribution in [2.45, 2.75) is 32.2 Å². The molecular weight excluding hydrogens is 575 g/mol. The lowest BCUT2D eigenvalue weighted by atomic mass is 9.95. The van der Waals surface area contributed by atoms with Crippen molar-refractivity contribution in [3.8, 4) is 28.3 Å². The van der Waals surface area contributed by atoms with Crippen molar-refractivity contribution >= 4 is 35.0 Å². The number of hydrogen-bond donors (Lipinski definition) is 2. The number of nitrogens with zero attached hydrogens (tertiary/aromatic N) is 4. The van der Waals surface area contributed by atoms with Gasteiger partial charge in [-0.25, -0.2) is 13.9 Å². The quantitative estimate of drug-likeness (QED) is 0.287. The van der Waals surface area contributed by atoms with Gasteiger partial charge in [0, 0.05) is 40.6 Å². The summed E-state index contributed by atoms with van der Waals surface area (Å²) >= 11 is 5.96. The largest absolute Gasteiger partial charge is 0.453 e. The number of amides is 2. The van der Waals surface area contributed by atoms with E-state index in [9.17, 15) is 24.0 Å². The van der Waals surface area contributed by atoms with Crippen LogP contribution in [0.4, 0.5) is 20.6 Å². The third kappa shape index (κ3) is 6.10. The van der Waals surface area contributed by atoms with Crippen LogP contribution in [0.2, 0.25) is 5.02 Å². The van der Waals surface area contributed by atoms with Gasteiger partial charge in [-0.1, -0.05) is 31.0 Å². The van der Waals surface area contributed by atoms with E-state index in [1.807, 2.05) is 19.1 Å². The molecule has 1 aliphatic heterocycles. The Balaban J connectivity index is 1.60. The van der Waals surface area contributed by atoms with Crippen molar-refractivity contribution in [2.24, 2.45) is 5.92 Å². The summed E-state index contributed by atoms with van der Waals surface area (Å²) in [5.74, 6) is -1.37. The molecule has 0 saturated heterocycles. The minimum absolute atomic E-state index is 0.0251. The number of carbonyl (C=O) groups excluding carboxylic acids is 2. The maximum absolute atomic E-state index is 14.9. The van der Waals surface area contributed by atoms with Crippen molar-refractivity contribution in [3.05, 3.63) is 93.4 Å². The fraction of sp³-hybridized carbons (Fsp3) is 0.226. The van der Waals surface area contributed by atoms with Gasteiger partial charge in [-0.2, -0.15) is 10.4 Å². The molecule has 0 fully saturated rings. The van der Waals surface area contributed by atoms with E-state index < -0.39 is 23.5 Å². The Labute approximate surface area is 251 Å². The lowest BCUT2D eigenvalue weighted by Gasteiger charge is -2.22. The van der Waals surface area contributed by atoms with Crippen molar-refractivity contribution in [1.82, 2.24) is 14.8 Å². The second kappa shape index (κ2) is 12.4. The van der Waals surface area contributed by atoms with Gasteiger partial charge < -0.3 is 10.1 Å². The molecule has 10 nitrogen and oxygen atoms in total. The van der Waals surface area contributed by atoms with Gasteiger partial charge in [-0.15, -0.1) is 0 Å². The first-order valence-electron chi connectivity index (χ1n) is 13.4. The first kappa shape index (κ1) is 29.4. The average molecular weight is 601 g/mol. The van der Waals surface area contributed by atoms with E-state index in [1.165, 1.54) is 36.2 Å². The third-order valence-corrected chi connectivity index (χ3v) is 7.62. The number of halogens is 2. The van der Waals surface area contributed by atoms with Gasteiger partial charge in [0.1, 0.15) is 0 Å². The van der Waals surface area contributed by atoms with Crippen LogP contribution in [0.15, 0.2) is 65.7 Å². The molecule has 12 heteroatoms. The molecule has 0 saturated carbocycles. The maximum Gasteiger partial charge on any atom is 0.411 e. The van der Waals surface area contributed by atoms with Crippen LogP contribution in [0.3, 0.4) is 0 Å². The maximum atomic E-state index is 14.9. The Morgan fingerprint density at radius 1 is 1.16 bits per heavy atom. The summed E-state index contributed by atoms with van der Waals surface area (Å²) in [6, 6.07) is 13.9. The van der Waals surface area contributed by atoms with Crippen LogP contribution >= 0.6 is 11.6 Å². The van der Waals surface area contributed by atoms with Crippen LogP contribution < -0.4 is 16.2 Å². The molecule has 1 aliphatic rings. The molecule has 0 radical (unpaired) electrons. The van der Waals surface area contributed by atoms with Crippen molar-refractivity contribution in [2.75, 3.05) is 17.7 Å². The summed E-state index contributed by atoms with van der Waals surface area (Å²) in [7, 11) is 1.26. The van der Waals surface area contributed by atoms with Gasteiger partial charge in [0.2, 0.25) is 5.91 Å². The zero-order chi connectivity index (χ0) is 30.7. The van der Waals surface area contributed by atoms with Crippen LogP contribution in [0, 0.1) is 23.1 Å². The predicted molar refractivity (Wildman–Crippen MR) is 159 cm³/mol. The Kier molecular flexibility index (Phi) is 8.50. The summed E-state index contributed by atoms with van der Waals surface area (Å²) in [6.45, 7) is 1.81. The summed E-state index contributed by atoms with van der Waals surface area (Å²) in [6.07, 6.45) is 3.83. The number of hydrogen-bond acceptors (Lipinski definition) is 7. The number of aromatic nitrogens is 3. The molecule has 218 valence electrons. The summed E-state index contributed by atoms with van der Waals surface area (Å²) in [5.41, 5.74) is 2.41. The Morgan fingerprint density at radius 3 is 2.72 bits per heavy atom. The lowest BCUT2D eigenvalue weighted by Crippen LogP contribution is -2.29. The molecule has 4 aromatic rings. The summed E-state index contributed by atoms with van der Waals surface area (Å²) < 4.78 is 20.9. The van der Waals surface area contributed by atoms with E-state index in [4.69, 9.17) is 11.6 Å². The smallest absolute Gasteiger partial charge is 0.411 e. The average Bonchev–Trinajstić information content (AvgIpc) is 3.00. The molecule has 2 N–H and O–H groups in total. The van der Waals surface area contributed by atoms with Gasteiger partial charge in [0.05, 0.1) is 47.4 Å². The third-order valence-electron chi connectivity index (χ3n) is 7.33. The molecule has 2 atom stereocenters. The highest BCUT2D eigenvalue weighted by Crippen LogP contribution is 2.35. The zero-order valence-corrected chi connectivity index (χ0v) is 24.0. The first-order valence-corrected chi connectivity index (χ1v) is 13.8. The molecule has 2 amide bonds. The number of nitriles is 1. The van der Waals surface area contributed by atoms with E-state index in [0.717, 1.165) is 0 Å². The minimum atomic E-state index is -0.809. The molecule has 43 heavy (non-hydrogen) atoms. The van der Waals surface area contributed by atoms with Gasteiger partial charge in [-0.05, 0) is 54.8 Å². The molecule has 3 heterocycles. The number of pyridine rings is 1. The number of rotatable bonds is 3. The fourth-order valence-electron chi connectivity index (χ4n) is 5.06. The SMILES string of the molecule is COC(=O)Nc1ccc2c(c1)NC(=O)C(C)CCC[C@H](n1ncc(-c3c(C#N)ccc(Cl)c3F)cc1=O)c1cc-2ccn1. The van der Waals surface area contributed by atoms with Crippen LogP contribution in [0.5, 0.6) is 0 Å². The van der Waals surface area contributed by atoms with Crippen LogP contribution in [-0.2, 0) is 9.53 Å². The molecule has 2 aromatic heterocycles. The van der Waals surface area contributed by atoms with Crippen LogP contribution in [0.1, 0.15) is 43.5 Å². The lowest BCUT2D eigenvalue weighted by molar-refractivity contribution is -0.119. The number of carbonyl (C=O) groups is 2. The zero-order valence-electron chi connectivity index (χ0n) is 23.2. The van der Waals surface area contributed by atoms with Gasteiger partial charge in [0.15, 0.2) is 5.82 Å². The first-order chi connectivity index (χ1) is 20.7. The molecule has 1 unspecified atom stereocenters. The van der Waals surface area contributed by atoms with Crippen molar-refractivity contribution in [3.63, 3.8) is 0 Å². The molecular formula is C31H26ClFN6O4. The number of anilines is 2. The van der Waals surface area contributed by atoms with Crippen LogP contribution in [-0.4, -0.2) is 33.9 Å². The number of methoxy groups -OCH3 is 1. The number of ether oxygens (including phenoxy) is 1. The highest BCUT2D eigenvalue weighted by Gasteiger charge is 2.24. The highest BCUT2D eigenvalue weighted by atomic mass is 35.5. The standard InChI is InChI=1S/C31H26ClFN6O4/c1-17-4-3-5-26(39-27(40)13-20(16-36-39)28-19(15-34)6-9-23(32)29(28)33)25-12-18(10-11-35-25)22-8-7-21(37-31(42)43-2)14-24(22)38-30(17)41/h6-14,16-17,26H,3-5H2,1-2H3,(H,37,42)(H,38,41)/t17?,26-/m0/s1. The van der Waals surface area contributed by atoms with E-state index in [2.05, 4.69) is 25.5 Å². The molecule has 0 spiro atoms. The Hall–Kier alpha value is -5.08. The molecule has 2 bridgehead atoms. The molecule has 0 aliphatic carbocycles. The van der Waals surface area contributed by atoms with E-state index in [1.54, 1.807) is 30.5 Å². The van der Waals surface area contributed by atoms with E-state index in [-0.39, 0.29) is 33.5 Å². The summed E-state index contributed by atoms with van der Waals surface area (Å²) in [4.78, 5) is 42.9. The second-order valence-corrected chi connectivity index (χ2v) is 10.5. The van der Waals surface area contributed by atoms with Gasteiger partial charge in [-0.3, -0.25) is 19.9 Å². The molecule has 5 rings (SSSR count). The normalized spacial score (nSPS) is 16.5. The van der Waals surface area contributed by atoms with Gasteiger partial charge >= 0.3 is 6.09 Å². The highest BCUT2D eigenvalue weighted by molar-refractivity contribution is 6.31. The Morgan fingerprint density at radius 2 is 1.98 bits per heavy atom. The van der Waals surface area contributed by atoms with E-state index >= 15 is 0 Å². The summed E-state index contributed by atoms with van der Waals surface area (Å²) in [5, 5.41) is 19.3. The monoisotopic (exact) mass is 600 g/mol. The number of fused-ring (bicyclic) bond motifs is 4. The minimum Gasteiger partial charge on any atom is -0.453 e. The molecule has 2 aromatic carbocycles. The topological polar surface area (TPSA) is 139 Å². The van der Waals surface area contributed by atoms with Crippen LogP contribution in [0.25, 0.3) is 22.3 Å². The second-order valence-electron chi connectivity index (χ2n) is 10.1. The van der Waals surface area contributed by atoms with E-state index in [0.29, 0.717) is 47.5 Å². The fourth-order valence-corrected chi connectivity index (χ4v) is 5.22. The number of benzene rings is 2. The predicted octanol–water partition coefficient (Wildman–Crippen LogP) is 6.16. The Bertz CT molecular complexity index is 1840.